The fourth-order valence-corrected chi connectivity index (χ4v) is 4.04. The highest BCUT2D eigenvalue weighted by Crippen LogP contribution is 2.36. The maximum atomic E-state index is 12.1. The molecule has 2 aliphatic heterocycles. The van der Waals surface area contributed by atoms with Crippen molar-refractivity contribution >= 4 is 12.0 Å². The predicted octanol–water partition coefficient (Wildman–Crippen LogP) is 2.55. The number of benzene rings is 1. The molecule has 0 spiro atoms. The second-order valence-corrected chi connectivity index (χ2v) is 7.55. The average molecular weight is 383 g/mol. The predicted molar refractivity (Wildman–Crippen MR) is 105 cm³/mol. The Kier molecular flexibility index (Phi) is 4.85. The van der Waals surface area contributed by atoms with E-state index in [0.717, 1.165) is 29.2 Å². The molecule has 0 unspecified atom stereocenters. The number of ether oxygens (including phenoxy) is 2. The summed E-state index contributed by atoms with van der Waals surface area (Å²) in [6.45, 7) is 4.62. The number of para-hydroxylation sites is 1. The normalized spacial score (nSPS) is 18.7. The quantitative estimate of drug-likeness (QED) is 0.855. The van der Waals surface area contributed by atoms with Crippen LogP contribution in [0, 0.1) is 6.92 Å². The number of carbonyl (C=O) groups is 1. The number of methoxy groups -OCH3 is 1. The third kappa shape index (κ3) is 3.26. The van der Waals surface area contributed by atoms with E-state index in [-0.39, 0.29) is 0 Å². The van der Waals surface area contributed by atoms with Gasteiger partial charge in [0.2, 0.25) is 0 Å². The zero-order valence-corrected chi connectivity index (χ0v) is 16.2. The number of aryl methyl sites for hydroxylation is 1. The molecule has 4 rings (SSSR count). The van der Waals surface area contributed by atoms with Crippen molar-refractivity contribution in [2.24, 2.45) is 0 Å². The standard InChI is InChI=1S/C21H25N3O4/c1-15-11-22-24(12-15)21(20(25)26)6-8-23(9-7-21)13-16-10-17-4-3-5-18(27-2)19(17)28-14-16/h3-5,10-12H,6-9,13-14H2,1-2H3,(H,25,26). The fourth-order valence-electron chi connectivity index (χ4n) is 4.04. The van der Waals surface area contributed by atoms with Gasteiger partial charge < -0.3 is 14.6 Å². The van der Waals surface area contributed by atoms with Gasteiger partial charge in [-0.25, -0.2) is 4.79 Å². The van der Waals surface area contributed by atoms with E-state index in [0.29, 0.717) is 32.5 Å². The summed E-state index contributed by atoms with van der Waals surface area (Å²) < 4.78 is 12.9. The van der Waals surface area contributed by atoms with Crippen LogP contribution in [-0.4, -0.2) is 59.1 Å². The minimum atomic E-state index is -0.956. The van der Waals surface area contributed by atoms with Gasteiger partial charge in [-0.2, -0.15) is 5.10 Å². The molecular formula is C21H25N3O4. The lowest BCUT2D eigenvalue weighted by Gasteiger charge is -2.39. The van der Waals surface area contributed by atoms with Crippen LogP contribution in [0.25, 0.3) is 6.08 Å². The van der Waals surface area contributed by atoms with Crippen molar-refractivity contribution in [1.82, 2.24) is 14.7 Å². The van der Waals surface area contributed by atoms with E-state index in [1.165, 1.54) is 5.57 Å². The van der Waals surface area contributed by atoms with Crippen LogP contribution in [-0.2, 0) is 10.3 Å². The molecule has 3 heterocycles. The monoisotopic (exact) mass is 383 g/mol. The second-order valence-electron chi connectivity index (χ2n) is 7.55. The van der Waals surface area contributed by atoms with Gasteiger partial charge in [0.15, 0.2) is 17.0 Å². The molecule has 0 saturated carbocycles. The molecule has 2 aliphatic rings. The number of aliphatic carboxylic acids is 1. The SMILES string of the molecule is COc1cccc2c1OCC(CN1CCC(C(=O)O)(n3cc(C)cn3)CC1)=C2. The van der Waals surface area contributed by atoms with Crippen molar-refractivity contribution < 1.29 is 19.4 Å². The van der Waals surface area contributed by atoms with Gasteiger partial charge in [-0.05, 0) is 43.0 Å². The van der Waals surface area contributed by atoms with Crippen molar-refractivity contribution in [3.8, 4) is 11.5 Å². The Bertz CT molecular complexity index is 910. The Morgan fingerprint density at radius 1 is 1.36 bits per heavy atom. The minimum Gasteiger partial charge on any atom is -0.493 e. The number of aromatic nitrogens is 2. The zero-order chi connectivity index (χ0) is 19.7. The number of fused-ring (bicyclic) bond motifs is 1. The van der Waals surface area contributed by atoms with Crippen LogP contribution in [0.15, 0.2) is 36.2 Å². The number of hydrogen-bond donors (Lipinski definition) is 1. The average Bonchev–Trinajstić information content (AvgIpc) is 3.14. The Hall–Kier alpha value is -2.80. The van der Waals surface area contributed by atoms with E-state index in [1.54, 1.807) is 18.0 Å². The summed E-state index contributed by atoms with van der Waals surface area (Å²) in [5, 5.41) is 14.2. The molecule has 0 atom stereocenters. The number of carboxylic acid groups (broad SMARTS) is 1. The van der Waals surface area contributed by atoms with Crippen molar-refractivity contribution in [3.05, 3.63) is 47.3 Å². The first-order valence-electron chi connectivity index (χ1n) is 9.48. The van der Waals surface area contributed by atoms with E-state index in [1.807, 2.05) is 31.3 Å². The summed E-state index contributed by atoms with van der Waals surface area (Å²) in [7, 11) is 1.64. The highest BCUT2D eigenvalue weighted by molar-refractivity contribution is 5.77. The molecule has 28 heavy (non-hydrogen) atoms. The van der Waals surface area contributed by atoms with Crippen molar-refractivity contribution in [1.29, 1.82) is 0 Å². The van der Waals surface area contributed by atoms with Crippen molar-refractivity contribution in [2.75, 3.05) is 33.4 Å². The van der Waals surface area contributed by atoms with Gasteiger partial charge in [0.05, 0.1) is 13.3 Å². The molecule has 0 aliphatic carbocycles. The smallest absolute Gasteiger partial charge is 0.331 e. The van der Waals surface area contributed by atoms with Gasteiger partial charge in [-0.3, -0.25) is 9.58 Å². The van der Waals surface area contributed by atoms with Crippen LogP contribution in [0.3, 0.4) is 0 Å². The summed E-state index contributed by atoms with van der Waals surface area (Å²) >= 11 is 0. The first-order valence-corrected chi connectivity index (χ1v) is 9.48. The third-order valence-corrected chi connectivity index (χ3v) is 5.65. The molecular weight excluding hydrogens is 358 g/mol. The molecule has 0 bridgehead atoms. The molecule has 1 aromatic carbocycles. The summed E-state index contributed by atoms with van der Waals surface area (Å²) in [6.07, 6.45) is 6.75. The van der Waals surface area contributed by atoms with Crippen molar-refractivity contribution in [2.45, 2.75) is 25.3 Å². The van der Waals surface area contributed by atoms with Crippen LogP contribution >= 0.6 is 0 Å². The molecule has 1 saturated heterocycles. The summed E-state index contributed by atoms with van der Waals surface area (Å²) in [5.41, 5.74) is 2.21. The van der Waals surface area contributed by atoms with Crippen LogP contribution < -0.4 is 9.47 Å². The highest BCUT2D eigenvalue weighted by Gasteiger charge is 2.44. The lowest BCUT2D eigenvalue weighted by atomic mass is 9.87. The molecule has 0 amide bonds. The molecule has 1 N–H and O–H groups in total. The van der Waals surface area contributed by atoms with Gasteiger partial charge in [0.25, 0.3) is 0 Å². The lowest BCUT2D eigenvalue weighted by Crippen LogP contribution is -2.51. The van der Waals surface area contributed by atoms with Crippen molar-refractivity contribution in [3.63, 3.8) is 0 Å². The second kappa shape index (κ2) is 7.31. The van der Waals surface area contributed by atoms with Gasteiger partial charge in [-0.15, -0.1) is 0 Å². The maximum absolute atomic E-state index is 12.1. The number of piperidine rings is 1. The number of nitrogens with zero attached hydrogens (tertiary/aromatic N) is 3. The number of hydrogen-bond acceptors (Lipinski definition) is 5. The van der Waals surface area contributed by atoms with Crippen LogP contribution in [0.4, 0.5) is 0 Å². The van der Waals surface area contributed by atoms with E-state index < -0.39 is 11.5 Å². The summed E-state index contributed by atoms with van der Waals surface area (Å²) in [5.74, 6) is 0.717. The third-order valence-electron chi connectivity index (χ3n) is 5.65. The Morgan fingerprint density at radius 2 is 2.14 bits per heavy atom. The molecule has 0 radical (unpaired) electrons. The lowest BCUT2D eigenvalue weighted by molar-refractivity contribution is -0.151. The van der Waals surface area contributed by atoms with E-state index in [4.69, 9.17) is 9.47 Å². The molecule has 7 heteroatoms. The zero-order valence-electron chi connectivity index (χ0n) is 16.2. The molecule has 7 nitrogen and oxygen atoms in total. The van der Waals surface area contributed by atoms with Gasteiger partial charge in [-0.1, -0.05) is 12.1 Å². The Labute approximate surface area is 164 Å². The number of likely N-dealkylation sites (tertiary alicyclic amines) is 1. The van der Waals surface area contributed by atoms with Gasteiger partial charge >= 0.3 is 5.97 Å². The molecule has 148 valence electrons. The van der Waals surface area contributed by atoms with Crippen LogP contribution in [0.1, 0.15) is 24.0 Å². The van der Waals surface area contributed by atoms with E-state index in [2.05, 4.69) is 16.1 Å². The topological polar surface area (TPSA) is 76.8 Å². The fraction of sp³-hybridized carbons (Fsp3) is 0.429. The van der Waals surface area contributed by atoms with Gasteiger partial charge in [0.1, 0.15) is 6.61 Å². The highest BCUT2D eigenvalue weighted by atomic mass is 16.5. The summed E-state index contributed by atoms with van der Waals surface area (Å²) in [4.78, 5) is 14.3. The number of rotatable bonds is 5. The Morgan fingerprint density at radius 3 is 2.79 bits per heavy atom. The Balaban J connectivity index is 1.46. The largest absolute Gasteiger partial charge is 0.493 e. The van der Waals surface area contributed by atoms with E-state index >= 15 is 0 Å². The molecule has 1 aromatic heterocycles. The van der Waals surface area contributed by atoms with Crippen LogP contribution in [0.5, 0.6) is 11.5 Å². The van der Waals surface area contributed by atoms with Gasteiger partial charge in [0, 0.05) is 31.4 Å². The number of carboxylic acids is 1. The first-order chi connectivity index (χ1) is 13.5. The maximum Gasteiger partial charge on any atom is 0.331 e. The van der Waals surface area contributed by atoms with E-state index in [9.17, 15) is 9.90 Å². The van der Waals surface area contributed by atoms with Crippen LogP contribution in [0.2, 0.25) is 0 Å². The minimum absolute atomic E-state index is 0.520. The molecule has 1 fully saturated rings. The molecule has 2 aromatic rings. The first kappa shape index (κ1) is 18.6. The summed E-state index contributed by atoms with van der Waals surface area (Å²) in [6, 6.07) is 5.86.